The first-order chi connectivity index (χ1) is 13.4. The van der Waals surface area contributed by atoms with E-state index in [4.69, 9.17) is 10.5 Å². The van der Waals surface area contributed by atoms with Crippen LogP contribution in [0, 0.1) is 11.8 Å². The van der Waals surface area contributed by atoms with Gasteiger partial charge in [0.05, 0.1) is 18.8 Å². The van der Waals surface area contributed by atoms with Gasteiger partial charge in [-0.3, -0.25) is 24.1 Å². The van der Waals surface area contributed by atoms with Gasteiger partial charge in [0, 0.05) is 25.5 Å². The number of carbonyl (C=O) groups excluding carboxylic acids is 4. The molecule has 3 aliphatic rings. The molecule has 28 heavy (non-hydrogen) atoms. The van der Waals surface area contributed by atoms with E-state index in [2.05, 4.69) is 5.32 Å². The molecular formula is C19H23N4O5+. The third kappa shape index (κ3) is 2.46. The van der Waals surface area contributed by atoms with Gasteiger partial charge in [0.1, 0.15) is 17.9 Å². The molecule has 4 amide bonds. The highest BCUT2D eigenvalue weighted by Gasteiger charge is 2.73. The van der Waals surface area contributed by atoms with Gasteiger partial charge >= 0.3 is 0 Å². The van der Waals surface area contributed by atoms with E-state index in [1.54, 1.807) is 11.4 Å². The molecule has 1 aromatic carbocycles. The summed E-state index contributed by atoms with van der Waals surface area (Å²) in [5.41, 5.74) is 5.44. The molecule has 1 spiro atoms. The number of nitrogens with one attached hydrogen (secondary N) is 1. The van der Waals surface area contributed by atoms with E-state index < -0.39 is 29.3 Å². The Morgan fingerprint density at radius 3 is 2.75 bits per heavy atom. The van der Waals surface area contributed by atoms with Gasteiger partial charge in [-0.05, 0) is 6.07 Å². The van der Waals surface area contributed by atoms with E-state index in [-0.39, 0.29) is 37.3 Å². The fraction of sp³-hybridized carbons (Fsp3) is 0.474. The molecule has 2 saturated heterocycles. The van der Waals surface area contributed by atoms with E-state index in [1.807, 2.05) is 18.2 Å². The Balaban J connectivity index is 1.79. The molecule has 2 fully saturated rings. The minimum Gasteiger partial charge on any atom is -0.383 e. The monoisotopic (exact) mass is 387 g/mol. The lowest BCUT2D eigenvalue weighted by atomic mass is 9.76. The van der Waals surface area contributed by atoms with Crippen molar-refractivity contribution >= 4 is 29.3 Å². The maximum absolute atomic E-state index is 13.3. The van der Waals surface area contributed by atoms with Crippen LogP contribution in [0.4, 0.5) is 5.69 Å². The molecule has 3 heterocycles. The number of amides is 4. The number of rotatable bonds is 6. The van der Waals surface area contributed by atoms with Crippen LogP contribution in [0.3, 0.4) is 0 Å². The van der Waals surface area contributed by atoms with E-state index in [9.17, 15) is 19.2 Å². The summed E-state index contributed by atoms with van der Waals surface area (Å²) in [6.07, 6.45) is 0.411. The topological polar surface area (TPSA) is 135 Å². The average molecular weight is 387 g/mol. The van der Waals surface area contributed by atoms with Gasteiger partial charge in [-0.2, -0.15) is 0 Å². The first-order valence-electron chi connectivity index (χ1n) is 9.31. The first kappa shape index (κ1) is 18.6. The quantitative estimate of drug-likeness (QED) is 0.500. The number of imide groups is 1. The van der Waals surface area contributed by atoms with E-state index in [0.29, 0.717) is 17.7 Å². The lowest BCUT2D eigenvalue weighted by Gasteiger charge is -2.26. The zero-order valence-electron chi connectivity index (χ0n) is 15.5. The number of anilines is 1. The Bertz CT molecular complexity index is 872. The van der Waals surface area contributed by atoms with Crippen LogP contribution in [0.15, 0.2) is 24.3 Å². The zero-order valence-corrected chi connectivity index (χ0v) is 15.5. The maximum Gasteiger partial charge on any atom is 0.291 e. The molecule has 0 saturated carbocycles. The van der Waals surface area contributed by atoms with Crippen molar-refractivity contribution in [3.8, 4) is 0 Å². The number of ether oxygens (including phenoxy) is 1. The molecule has 4 rings (SSSR count). The molecule has 0 radical (unpaired) electrons. The van der Waals surface area contributed by atoms with Gasteiger partial charge in [-0.1, -0.05) is 18.2 Å². The van der Waals surface area contributed by atoms with Gasteiger partial charge < -0.3 is 21.1 Å². The number of nitrogens with two attached hydrogens (primary N) is 2. The number of hydrogen-bond acceptors (Lipinski definition) is 5. The second-order valence-corrected chi connectivity index (χ2v) is 7.53. The summed E-state index contributed by atoms with van der Waals surface area (Å²) in [6, 6.07) is 6.82. The fourth-order valence-corrected chi connectivity index (χ4v) is 4.96. The number of likely N-dealkylation sites (tertiary alicyclic amines) is 1. The summed E-state index contributed by atoms with van der Waals surface area (Å²) in [5, 5.41) is 4.65. The first-order valence-corrected chi connectivity index (χ1v) is 9.31. The van der Waals surface area contributed by atoms with Gasteiger partial charge in [-0.25, -0.2) is 0 Å². The van der Waals surface area contributed by atoms with E-state index in [1.165, 1.54) is 12.0 Å². The summed E-state index contributed by atoms with van der Waals surface area (Å²) < 4.78 is 5.03. The molecule has 4 atom stereocenters. The highest BCUT2D eigenvalue weighted by atomic mass is 16.5. The number of nitrogens with zero attached hydrogens (tertiary/aromatic N) is 1. The second kappa shape index (κ2) is 6.68. The van der Waals surface area contributed by atoms with Crippen molar-refractivity contribution in [3.05, 3.63) is 29.8 Å². The van der Waals surface area contributed by atoms with Gasteiger partial charge in [0.2, 0.25) is 23.3 Å². The molecule has 0 aliphatic carbocycles. The number of quaternary nitrogens is 1. The predicted octanol–water partition coefficient (Wildman–Crippen LogP) is -1.71. The van der Waals surface area contributed by atoms with E-state index in [0.717, 1.165) is 0 Å². The maximum atomic E-state index is 13.3. The Morgan fingerprint density at radius 2 is 2.04 bits per heavy atom. The predicted molar refractivity (Wildman–Crippen MR) is 96.5 cm³/mol. The lowest BCUT2D eigenvalue weighted by molar-refractivity contribution is -0.734. The Hall–Kier alpha value is -2.78. The van der Waals surface area contributed by atoms with Crippen molar-refractivity contribution in [2.45, 2.75) is 24.4 Å². The van der Waals surface area contributed by atoms with Crippen molar-refractivity contribution in [1.29, 1.82) is 0 Å². The summed E-state index contributed by atoms with van der Waals surface area (Å²) >= 11 is 0. The minimum absolute atomic E-state index is 0.0866. The highest BCUT2D eigenvalue weighted by molar-refractivity contribution is 6.13. The van der Waals surface area contributed by atoms with Gasteiger partial charge in [0.25, 0.3) is 5.91 Å². The van der Waals surface area contributed by atoms with Crippen LogP contribution < -0.4 is 16.4 Å². The Morgan fingerprint density at radius 1 is 1.29 bits per heavy atom. The molecule has 0 aromatic heterocycles. The van der Waals surface area contributed by atoms with E-state index >= 15 is 0 Å². The number of benzene rings is 1. The Labute approximate surface area is 161 Å². The highest BCUT2D eigenvalue weighted by Crippen LogP contribution is 2.49. The van der Waals surface area contributed by atoms with Crippen molar-refractivity contribution < 1.29 is 29.2 Å². The SMILES string of the molecule is COCCN1C(=O)[C@@H]2[C@H](CCC(N)=O)[NH2+][C@@]3(C(=O)Nc4ccccc43)[C@@H]2C1=O. The number of fused-ring (bicyclic) bond motifs is 4. The fourth-order valence-electron chi connectivity index (χ4n) is 4.96. The van der Waals surface area contributed by atoms with Crippen LogP contribution in [0.2, 0.25) is 0 Å². The zero-order chi connectivity index (χ0) is 20.1. The van der Waals surface area contributed by atoms with Crippen LogP contribution in [0.25, 0.3) is 0 Å². The number of methoxy groups -OCH3 is 1. The Kier molecular flexibility index (Phi) is 4.43. The molecule has 5 N–H and O–H groups in total. The number of hydrogen-bond donors (Lipinski definition) is 3. The number of para-hydroxylation sites is 1. The summed E-state index contributed by atoms with van der Waals surface area (Å²) in [5.74, 6) is -2.96. The molecule has 148 valence electrons. The molecule has 0 unspecified atom stereocenters. The van der Waals surface area contributed by atoms with Crippen molar-refractivity contribution in [3.63, 3.8) is 0 Å². The average Bonchev–Trinajstić information content (AvgIpc) is 3.24. The number of carbonyl (C=O) groups is 4. The van der Waals surface area contributed by atoms with Crippen LogP contribution in [0.1, 0.15) is 18.4 Å². The summed E-state index contributed by atoms with van der Waals surface area (Å²) in [7, 11) is 1.50. The van der Waals surface area contributed by atoms with Crippen molar-refractivity contribution in [1.82, 2.24) is 4.90 Å². The molecular weight excluding hydrogens is 364 g/mol. The van der Waals surface area contributed by atoms with Crippen LogP contribution in [-0.2, 0) is 29.5 Å². The van der Waals surface area contributed by atoms with Gasteiger partial charge in [0.15, 0.2) is 0 Å². The van der Waals surface area contributed by atoms with Gasteiger partial charge in [-0.15, -0.1) is 0 Å². The van der Waals surface area contributed by atoms with Crippen molar-refractivity contribution in [2.75, 3.05) is 25.6 Å². The third-order valence-electron chi connectivity index (χ3n) is 6.11. The van der Waals surface area contributed by atoms with Crippen LogP contribution in [-0.4, -0.2) is 54.8 Å². The van der Waals surface area contributed by atoms with Crippen LogP contribution in [0.5, 0.6) is 0 Å². The molecule has 9 heteroatoms. The molecule has 1 aromatic rings. The van der Waals surface area contributed by atoms with Crippen LogP contribution >= 0.6 is 0 Å². The second-order valence-electron chi connectivity index (χ2n) is 7.53. The lowest BCUT2D eigenvalue weighted by Crippen LogP contribution is -2.99. The third-order valence-corrected chi connectivity index (χ3v) is 6.11. The normalized spacial score (nSPS) is 30.7. The summed E-state index contributed by atoms with van der Waals surface area (Å²) in [6.45, 7) is 0.366. The molecule has 3 aliphatic heterocycles. The summed E-state index contributed by atoms with van der Waals surface area (Å²) in [4.78, 5) is 52.0. The minimum atomic E-state index is -1.21. The smallest absolute Gasteiger partial charge is 0.291 e. The van der Waals surface area contributed by atoms with Crippen molar-refractivity contribution in [2.24, 2.45) is 17.6 Å². The standard InChI is InChI=1S/C19H22N4O5/c1-28-9-8-23-16(25)14-12(6-7-13(20)24)22-19(15(14)17(23)26)10-4-2-3-5-11(10)21-18(19)27/h2-5,12,14-15,22H,6-9H2,1H3,(H2,20,24)(H,21,27)/p+1/t12-,14+,15-,19+/m0/s1. The largest absolute Gasteiger partial charge is 0.383 e. The molecule has 9 nitrogen and oxygen atoms in total. The molecule has 0 bridgehead atoms. The number of primary amides is 1.